The molecule has 3 aliphatic rings. The van der Waals surface area contributed by atoms with Crippen LogP contribution >= 0.6 is 0 Å². The molecule has 0 spiro atoms. The molecule has 4 unspecified atom stereocenters. The molecule has 0 aromatic rings. The summed E-state index contributed by atoms with van der Waals surface area (Å²) in [6.45, 7) is 8.28. The second-order valence-electron chi connectivity index (χ2n) is 13.5. The summed E-state index contributed by atoms with van der Waals surface area (Å²) in [6, 6.07) is 2.43. The van der Waals surface area contributed by atoms with E-state index in [-0.39, 0.29) is 30.0 Å². The van der Waals surface area contributed by atoms with Gasteiger partial charge >= 0.3 is 5.97 Å². The molecule has 3 aliphatic carbocycles. The highest BCUT2D eigenvalue weighted by molar-refractivity contribution is 5.72. The number of nitrogens with zero attached hydrogens (tertiary/aromatic N) is 1. The van der Waals surface area contributed by atoms with Gasteiger partial charge in [0, 0.05) is 19.6 Å². The van der Waals surface area contributed by atoms with Crippen molar-refractivity contribution >= 4 is 5.97 Å². The Morgan fingerprint density at radius 3 is 2.00 bits per heavy atom. The van der Waals surface area contributed by atoms with Crippen LogP contribution in [0.5, 0.6) is 0 Å². The number of esters is 1. The monoisotopic (exact) mass is 559 g/mol. The SMILES string of the molecule is CCCCCCCCCCOC1CCC(C2CCC(C(=O)OC3CCC(OCC(C)CC)C(C#N)C3)CC2)CC1. The van der Waals surface area contributed by atoms with Gasteiger partial charge in [-0.2, -0.15) is 5.26 Å². The number of ether oxygens (including phenoxy) is 3. The third-order valence-electron chi connectivity index (χ3n) is 10.3. The molecule has 0 radical (unpaired) electrons. The Hall–Kier alpha value is -1.12. The van der Waals surface area contributed by atoms with Gasteiger partial charge in [-0.1, -0.05) is 72.1 Å². The van der Waals surface area contributed by atoms with E-state index in [0.717, 1.165) is 63.4 Å². The first-order valence-electron chi connectivity index (χ1n) is 17.4. The molecule has 0 aliphatic heterocycles. The van der Waals surface area contributed by atoms with E-state index in [0.29, 0.717) is 25.0 Å². The van der Waals surface area contributed by atoms with E-state index in [1.54, 1.807) is 0 Å². The first-order valence-corrected chi connectivity index (χ1v) is 17.4. The lowest BCUT2D eigenvalue weighted by molar-refractivity contribution is -0.160. The van der Waals surface area contributed by atoms with Crippen molar-refractivity contribution in [1.29, 1.82) is 5.26 Å². The summed E-state index contributed by atoms with van der Waals surface area (Å²) in [5.41, 5.74) is 0. The third-order valence-corrected chi connectivity index (χ3v) is 10.3. The van der Waals surface area contributed by atoms with Crippen LogP contribution in [0.4, 0.5) is 0 Å². The van der Waals surface area contributed by atoms with Gasteiger partial charge in [-0.25, -0.2) is 0 Å². The normalized spacial score (nSPS) is 31.8. The number of carbonyl (C=O) groups is 1. The molecule has 4 atom stereocenters. The van der Waals surface area contributed by atoms with Crippen molar-refractivity contribution in [2.24, 2.45) is 29.6 Å². The third kappa shape index (κ3) is 11.6. The van der Waals surface area contributed by atoms with E-state index in [4.69, 9.17) is 14.2 Å². The van der Waals surface area contributed by atoms with Crippen LogP contribution in [0.1, 0.15) is 149 Å². The molecule has 0 amide bonds. The Bertz CT molecular complexity index is 719. The quantitative estimate of drug-likeness (QED) is 0.131. The molecule has 230 valence electrons. The van der Waals surface area contributed by atoms with Crippen LogP contribution in [0.3, 0.4) is 0 Å². The molecule has 3 fully saturated rings. The first kappa shape index (κ1) is 33.4. The van der Waals surface area contributed by atoms with E-state index in [2.05, 4.69) is 26.8 Å². The maximum absolute atomic E-state index is 13.0. The van der Waals surface area contributed by atoms with Crippen LogP contribution in [0.25, 0.3) is 0 Å². The zero-order valence-electron chi connectivity index (χ0n) is 26.3. The van der Waals surface area contributed by atoms with Gasteiger partial charge in [0.25, 0.3) is 0 Å². The molecule has 3 rings (SSSR count). The highest BCUT2D eigenvalue weighted by atomic mass is 16.5. The van der Waals surface area contributed by atoms with Crippen LogP contribution in [-0.4, -0.2) is 37.5 Å². The van der Waals surface area contributed by atoms with Crippen molar-refractivity contribution < 1.29 is 19.0 Å². The fourth-order valence-electron chi connectivity index (χ4n) is 7.25. The van der Waals surface area contributed by atoms with Crippen molar-refractivity contribution in [2.75, 3.05) is 13.2 Å². The fourth-order valence-corrected chi connectivity index (χ4v) is 7.25. The lowest BCUT2D eigenvalue weighted by Gasteiger charge is -2.38. The highest BCUT2D eigenvalue weighted by Crippen LogP contribution is 2.41. The minimum absolute atomic E-state index is 0.0165. The van der Waals surface area contributed by atoms with Gasteiger partial charge in [0.2, 0.25) is 0 Å². The van der Waals surface area contributed by atoms with Gasteiger partial charge in [-0.05, 0) is 88.4 Å². The maximum Gasteiger partial charge on any atom is 0.309 e. The molecule has 0 N–H and O–H groups in total. The van der Waals surface area contributed by atoms with E-state index in [9.17, 15) is 10.1 Å². The summed E-state index contributed by atoms with van der Waals surface area (Å²) in [7, 11) is 0. The molecule has 5 heteroatoms. The summed E-state index contributed by atoms with van der Waals surface area (Å²) < 4.78 is 18.3. The number of rotatable bonds is 17. The number of carbonyl (C=O) groups excluding carboxylic acids is 1. The Morgan fingerprint density at radius 1 is 0.775 bits per heavy atom. The average molecular weight is 560 g/mol. The van der Waals surface area contributed by atoms with Crippen molar-refractivity contribution in [3.63, 3.8) is 0 Å². The highest BCUT2D eigenvalue weighted by Gasteiger charge is 2.37. The molecule has 0 bridgehead atoms. The maximum atomic E-state index is 13.0. The van der Waals surface area contributed by atoms with Crippen LogP contribution in [0, 0.1) is 40.9 Å². The van der Waals surface area contributed by atoms with Gasteiger partial charge < -0.3 is 14.2 Å². The summed E-state index contributed by atoms with van der Waals surface area (Å²) in [5.74, 6) is 1.93. The minimum atomic E-state index is -0.175. The van der Waals surface area contributed by atoms with Gasteiger partial charge in [0.15, 0.2) is 0 Å². The number of nitriles is 1. The second kappa shape index (κ2) is 19.1. The lowest BCUT2D eigenvalue weighted by atomic mass is 9.70. The first-order chi connectivity index (χ1) is 19.5. The average Bonchev–Trinajstić information content (AvgIpc) is 2.99. The number of hydrogen-bond acceptors (Lipinski definition) is 5. The molecular weight excluding hydrogens is 498 g/mol. The van der Waals surface area contributed by atoms with Gasteiger partial charge in [0.05, 0.1) is 30.1 Å². The van der Waals surface area contributed by atoms with Gasteiger partial charge in [-0.3, -0.25) is 4.79 Å². The molecule has 0 aromatic heterocycles. The van der Waals surface area contributed by atoms with Gasteiger partial charge in [-0.15, -0.1) is 0 Å². The lowest BCUT2D eigenvalue weighted by Crippen LogP contribution is -2.37. The van der Waals surface area contributed by atoms with Crippen molar-refractivity contribution in [1.82, 2.24) is 0 Å². The molecule has 0 aromatic carbocycles. The largest absolute Gasteiger partial charge is 0.462 e. The molecule has 0 saturated heterocycles. The second-order valence-corrected chi connectivity index (χ2v) is 13.5. The fraction of sp³-hybridized carbons (Fsp3) is 0.943. The van der Waals surface area contributed by atoms with Crippen LogP contribution in [0.15, 0.2) is 0 Å². The number of unbranched alkanes of at least 4 members (excludes halogenated alkanes) is 7. The molecule has 40 heavy (non-hydrogen) atoms. The van der Waals surface area contributed by atoms with Crippen molar-refractivity contribution in [2.45, 2.75) is 167 Å². The van der Waals surface area contributed by atoms with E-state index in [1.165, 1.54) is 77.0 Å². The Kier molecular flexibility index (Phi) is 16.0. The standard InChI is InChI=1S/C35H61NO4/c1-4-6-7-8-9-10-11-12-23-38-32-19-17-29(18-20-32)28-13-15-30(16-14-28)35(37)40-33-21-22-34(31(24-33)25-36)39-26-27(3)5-2/h27-34H,4-24,26H2,1-3H3. The van der Waals surface area contributed by atoms with Crippen LogP contribution in [-0.2, 0) is 19.0 Å². The van der Waals surface area contributed by atoms with Crippen LogP contribution in [0.2, 0.25) is 0 Å². The van der Waals surface area contributed by atoms with Crippen molar-refractivity contribution in [3.8, 4) is 6.07 Å². The summed E-state index contributed by atoms with van der Waals surface area (Å²) in [4.78, 5) is 13.0. The topological polar surface area (TPSA) is 68.6 Å². The zero-order chi connectivity index (χ0) is 28.6. The van der Waals surface area contributed by atoms with E-state index in [1.807, 2.05) is 0 Å². The molecule has 5 nitrogen and oxygen atoms in total. The Balaban J connectivity index is 1.25. The smallest absolute Gasteiger partial charge is 0.309 e. The van der Waals surface area contributed by atoms with E-state index >= 15 is 0 Å². The number of hydrogen-bond donors (Lipinski definition) is 0. The molecular formula is C35H61NO4. The van der Waals surface area contributed by atoms with E-state index < -0.39 is 0 Å². The minimum Gasteiger partial charge on any atom is -0.462 e. The van der Waals surface area contributed by atoms with Crippen LogP contribution < -0.4 is 0 Å². The Morgan fingerprint density at radius 2 is 1.38 bits per heavy atom. The predicted octanol–water partition coefficient (Wildman–Crippen LogP) is 9.18. The summed E-state index contributed by atoms with van der Waals surface area (Å²) in [6.07, 6.45) is 23.7. The summed E-state index contributed by atoms with van der Waals surface area (Å²) >= 11 is 0. The van der Waals surface area contributed by atoms with Crippen molar-refractivity contribution in [3.05, 3.63) is 0 Å². The molecule has 3 saturated carbocycles. The van der Waals surface area contributed by atoms with Gasteiger partial charge in [0.1, 0.15) is 6.10 Å². The molecule has 0 heterocycles. The predicted molar refractivity (Wildman–Crippen MR) is 162 cm³/mol. The zero-order valence-corrected chi connectivity index (χ0v) is 26.3. The Labute approximate surface area is 246 Å². The summed E-state index contributed by atoms with van der Waals surface area (Å²) in [5, 5.41) is 9.68.